The highest BCUT2D eigenvalue weighted by Gasteiger charge is 2.23. The highest BCUT2D eigenvalue weighted by Crippen LogP contribution is 2.21. The largest absolute Gasteiger partial charge is 0.417 e. The predicted molar refractivity (Wildman–Crippen MR) is 81.7 cm³/mol. The van der Waals surface area contributed by atoms with E-state index in [9.17, 15) is 9.59 Å². The molecule has 1 amide bonds. The van der Waals surface area contributed by atoms with E-state index in [0.717, 1.165) is 23.1 Å². The minimum absolute atomic E-state index is 0.0532. The van der Waals surface area contributed by atoms with Crippen LogP contribution < -0.4 is 5.76 Å². The molecule has 110 valence electrons. The summed E-state index contributed by atoms with van der Waals surface area (Å²) in [5.74, 6) is -0.410. The molecule has 3 aromatic rings. The summed E-state index contributed by atoms with van der Waals surface area (Å²) in [6.45, 7) is 1.21. The molecule has 0 radical (unpaired) electrons. The van der Waals surface area contributed by atoms with Gasteiger partial charge in [-0.15, -0.1) is 0 Å². The van der Waals surface area contributed by atoms with Crippen molar-refractivity contribution in [1.82, 2.24) is 9.88 Å². The van der Waals surface area contributed by atoms with E-state index in [0.29, 0.717) is 24.2 Å². The molecule has 0 unspecified atom stereocenters. The quantitative estimate of drug-likeness (QED) is 0.788. The first-order chi connectivity index (χ1) is 10.7. The van der Waals surface area contributed by atoms with Gasteiger partial charge in [0.15, 0.2) is 5.58 Å². The monoisotopic (exact) mass is 294 g/mol. The lowest BCUT2D eigenvalue weighted by Crippen LogP contribution is -2.36. The molecule has 5 nitrogen and oxygen atoms in total. The molecule has 0 saturated heterocycles. The first-order valence-corrected chi connectivity index (χ1v) is 7.20. The number of rotatable bonds is 2. The molecule has 1 aromatic heterocycles. The maximum atomic E-state index is 12.5. The van der Waals surface area contributed by atoms with E-state index in [2.05, 4.69) is 4.98 Å². The number of aromatic nitrogens is 1. The molecule has 0 saturated carbocycles. The first-order valence-electron chi connectivity index (χ1n) is 7.20. The van der Waals surface area contributed by atoms with E-state index >= 15 is 0 Å². The summed E-state index contributed by atoms with van der Waals surface area (Å²) in [4.78, 5) is 28.2. The van der Waals surface area contributed by atoms with Crippen molar-refractivity contribution >= 4 is 17.0 Å². The highest BCUT2D eigenvalue weighted by atomic mass is 16.4. The molecule has 2 aromatic carbocycles. The van der Waals surface area contributed by atoms with Crippen LogP contribution >= 0.6 is 0 Å². The van der Waals surface area contributed by atoms with E-state index < -0.39 is 5.76 Å². The van der Waals surface area contributed by atoms with Gasteiger partial charge in [0.25, 0.3) is 5.91 Å². The summed E-state index contributed by atoms with van der Waals surface area (Å²) in [5.41, 5.74) is 4.03. The van der Waals surface area contributed by atoms with Gasteiger partial charge in [0.2, 0.25) is 0 Å². The minimum Gasteiger partial charge on any atom is -0.408 e. The average Bonchev–Trinajstić information content (AvgIpc) is 2.90. The number of oxazole rings is 1. The third-order valence-electron chi connectivity index (χ3n) is 4.04. The van der Waals surface area contributed by atoms with Gasteiger partial charge in [-0.25, -0.2) is 4.79 Å². The number of H-pyrrole nitrogens is 1. The second-order valence-corrected chi connectivity index (χ2v) is 5.48. The van der Waals surface area contributed by atoms with Crippen LogP contribution in [0, 0.1) is 0 Å². The maximum Gasteiger partial charge on any atom is 0.417 e. The van der Waals surface area contributed by atoms with Crippen LogP contribution in [0.15, 0.2) is 51.7 Å². The molecule has 0 bridgehead atoms. The lowest BCUT2D eigenvalue weighted by atomic mass is 9.98. The fraction of sp³-hybridized carbons (Fsp3) is 0.176. The third-order valence-corrected chi connectivity index (χ3v) is 4.04. The van der Waals surface area contributed by atoms with Crippen LogP contribution in [-0.2, 0) is 13.0 Å². The van der Waals surface area contributed by atoms with Crippen molar-refractivity contribution in [2.75, 3.05) is 6.54 Å². The number of aromatic amines is 1. The first kappa shape index (κ1) is 12.9. The molecular weight excluding hydrogens is 280 g/mol. The maximum absolute atomic E-state index is 12.5. The van der Waals surface area contributed by atoms with Gasteiger partial charge in [-0.3, -0.25) is 9.78 Å². The second-order valence-electron chi connectivity index (χ2n) is 5.48. The summed E-state index contributed by atoms with van der Waals surface area (Å²) in [6.07, 6.45) is 0.864. The van der Waals surface area contributed by atoms with Crippen LogP contribution in [0.1, 0.15) is 21.5 Å². The van der Waals surface area contributed by atoms with E-state index in [-0.39, 0.29) is 5.91 Å². The molecule has 1 N–H and O–H groups in total. The number of amides is 1. The smallest absolute Gasteiger partial charge is 0.408 e. The summed E-state index contributed by atoms with van der Waals surface area (Å²) in [6, 6.07) is 13.2. The van der Waals surface area contributed by atoms with Crippen molar-refractivity contribution in [2.45, 2.75) is 13.0 Å². The number of hydrogen-bond acceptors (Lipinski definition) is 3. The van der Waals surface area contributed by atoms with Crippen LogP contribution in [0.25, 0.3) is 11.1 Å². The Labute approximate surface area is 126 Å². The number of fused-ring (bicyclic) bond motifs is 2. The Morgan fingerprint density at radius 1 is 1.14 bits per heavy atom. The van der Waals surface area contributed by atoms with Crippen LogP contribution in [0.3, 0.4) is 0 Å². The Bertz CT molecular complexity index is 923. The molecule has 5 heteroatoms. The topological polar surface area (TPSA) is 66.3 Å². The Kier molecular flexibility index (Phi) is 2.85. The Balaban J connectivity index is 1.63. The number of nitrogens with one attached hydrogen (secondary N) is 1. The zero-order chi connectivity index (χ0) is 15.1. The van der Waals surface area contributed by atoms with E-state index in [4.69, 9.17) is 4.42 Å². The van der Waals surface area contributed by atoms with Gasteiger partial charge < -0.3 is 9.32 Å². The zero-order valence-electron chi connectivity index (χ0n) is 11.8. The van der Waals surface area contributed by atoms with E-state index in [1.165, 1.54) is 0 Å². The predicted octanol–water partition coefficient (Wildman–Crippen LogP) is 2.32. The fourth-order valence-electron chi connectivity index (χ4n) is 2.93. The second kappa shape index (κ2) is 4.87. The van der Waals surface area contributed by atoms with Crippen molar-refractivity contribution in [3.63, 3.8) is 0 Å². The third kappa shape index (κ3) is 2.11. The molecule has 0 fully saturated rings. The van der Waals surface area contributed by atoms with Crippen molar-refractivity contribution < 1.29 is 9.21 Å². The highest BCUT2D eigenvalue weighted by molar-refractivity contribution is 5.96. The summed E-state index contributed by atoms with van der Waals surface area (Å²) in [7, 11) is 0. The van der Waals surface area contributed by atoms with Crippen molar-refractivity contribution in [3.05, 3.63) is 69.7 Å². The SMILES string of the molecule is O=C1c2ccccc2CCN1Cc1ccc2[nH]c(=O)oc2c1. The van der Waals surface area contributed by atoms with Gasteiger partial charge >= 0.3 is 5.76 Å². The fourth-order valence-corrected chi connectivity index (χ4v) is 2.93. The van der Waals surface area contributed by atoms with Crippen molar-refractivity contribution in [2.24, 2.45) is 0 Å². The molecule has 2 heterocycles. The van der Waals surface area contributed by atoms with Gasteiger partial charge in [-0.05, 0) is 35.7 Å². The van der Waals surface area contributed by atoms with Gasteiger partial charge in [0, 0.05) is 18.7 Å². The van der Waals surface area contributed by atoms with Crippen LogP contribution in [0.4, 0.5) is 0 Å². The average molecular weight is 294 g/mol. The summed E-state index contributed by atoms with van der Waals surface area (Å²) >= 11 is 0. The minimum atomic E-state index is -0.463. The molecule has 1 aliphatic rings. The molecule has 0 aliphatic carbocycles. The standard InChI is InChI=1S/C17H14N2O3/c20-16-13-4-2-1-3-12(13)7-8-19(16)10-11-5-6-14-15(9-11)22-17(21)18-14/h1-6,9H,7-8,10H2,(H,18,21). The summed E-state index contributed by atoms with van der Waals surface area (Å²) in [5, 5.41) is 0. The summed E-state index contributed by atoms with van der Waals surface area (Å²) < 4.78 is 5.07. The molecule has 0 atom stereocenters. The molecule has 22 heavy (non-hydrogen) atoms. The number of benzene rings is 2. The van der Waals surface area contributed by atoms with Crippen LogP contribution in [0.2, 0.25) is 0 Å². The van der Waals surface area contributed by atoms with Gasteiger partial charge in [0.05, 0.1) is 5.52 Å². The van der Waals surface area contributed by atoms with Crippen LogP contribution in [-0.4, -0.2) is 22.3 Å². The number of hydrogen-bond donors (Lipinski definition) is 1. The van der Waals surface area contributed by atoms with Crippen LogP contribution in [0.5, 0.6) is 0 Å². The Morgan fingerprint density at radius 2 is 2.00 bits per heavy atom. The Morgan fingerprint density at radius 3 is 2.91 bits per heavy atom. The van der Waals surface area contributed by atoms with Gasteiger partial charge in [-0.2, -0.15) is 0 Å². The van der Waals surface area contributed by atoms with Crippen molar-refractivity contribution in [3.8, 4) is 0 Å². The van der Waals surface area contributed by atoms with Crippen molar-refractivity contribution in [1.29, 1.82) is 0 Å². The molecular formula is C17H14N2O3. The van der Waals surface area contributed by atoms with E-state index in [1.54, 1.807) is 12.1 Å². The molecule has 1 aliphatic heterocycles. The zero-order valence-corrected chi connectivity index (χ0v) is 11.8. The lowest BCUT2D eigenvalue weighted by Gasteiger charge is -2.28. The number of carbonyl (C=O) groups excluding carboxylic acids is 1. The van der Waals surface area contributed by atoms with Gasteiger partial charge in [-0.1, -0.05) is 24.3 Å². The molecule has 4 rings (SSSR count). The van der Waals surface area contributed by atoms with E-state index in [1.807, 2.05) is 35.2 Å². The molecule has 0 spiro atoms. The number of nitrogens with zero attached hydrogens (tertiary/aromatic N) is 1. The van der Waals surface area contributed by atoms with Gasteiger partial charge in [0.1, 0.15) is 0 Å². The number of carbonyl (C=O) groups is 1. The normalized spacial score (nSPS) is 14.4. The lowest BCUT2D eigenvalue weighted by molar-refractivity contribution is 0.0727. The Hall–Kier alpha value is -2.82.